The molecule has 0 aliphatic heterocycles. The van der Waals surface area contributed by atoms with Gasteiger partial charge in [-0.05, 0) is 36.8 Å². The monoisotopic (exact) mass is 379 g/mol. The van der Waals surface area contributed by atoms with Crippen LogP contribution < -0.4 is 4.74 Å². The Morgan fingerprint density at radius 3 is 2.00 bits per heavy atom. The molecule has 0 fully saturated rings. The number of aryl methyl sites for hydroxylation is 1. The van der Waals surface area contributed by atoms with Gasteiger partial charge < -0.3 is 14.2 Å². The summed E-state index contributed by atoms with van der Waals surface area (Å²) in [6, 6.07) is 14.1. The van der Waals surface area contributed by atoms with Gasteiger partial charge in [0, 0.05) is 20.8 Å². The van der Waals surface area contributed by atoms with E-state index in [2.05, 4.69) is 0 Å². The normalized spacial score (nSPS) is 11.9. The van der Waals surface area contributed by atoms with Crippen LogP contribution in [-0.4, -0.2) is 46.9 Å². The van der Waals surface area contributed by atoms with Gasteiger partial charge in [-0.1, -0.05) is 29.8 Å². The smallest absolute Gasteiger partial charge is 0.243 e. The minimum absolute atomic E-state index is 0.0786. The Bertz CT molecular complexity index is 784. The van der Waals surface area contributed by atoms with Crippen molar-refractivity contribution in [3.63, 3.8) is 0 Å². The van der Waals surface area contributed by atoms with Gasteiger partial charge in [-0.2, -0.15) is 4.31 Å². The molecule has 2 aromatic rings. The number of hydrogen-bond donors (Lipinski definition) is 0. The van der Waals surface area contributed by atoms with Crippen molar-refractivity contribution in [3.8, 4) is 5.75 Å². The lowest BCUT2D eigenvalue weighted by Gasteiger charge is -2.26. The zero-order valence-corrected chi connectivity index (χ0v) is 16.3. The predicted octanol–water partition coefficient (Wildman–Crippen LogP) is 2.81. The first-order valence-corrected chi connectivity index (χ1v) is 9.60. The Balaban J connectivity index is 2.33. The summed E-state index contributed by atoms with van der Waals surface area (Å²) in [6.45, 7) is 2.19. The molecule has 0 unspecified atom stereocenters. The van der Waals surface area contributed by atoms with Gasteiger partial charge in [-0.15, -0.1) is 0 Å². The molecule has 0 saturated heterocycles. The minimum atomic E-state index is -3.70. The molecule has 0 amide bonds. The molecule has 0 saturated carbocycles. The lowest BCUT2D eigenvalue weighted by molar-refractivity contribution is -0.108. The van der Waals surface area contributed by atoms with Crippen LogP contribution >= 0.6 is 0 Å². The maximum atomic E-state index is 13.1. The summed E-state index contributed by atoms with van der Waals surface area (Å²) in [7, 11) is 0.852. The first-order valence-electron chi connectivity index (χ1n) is 8.16. The Labute approximate surface area is 155 Å². The van der Waals surface area contributed by atoms with E-state index in [0.717, 1.165) is 11.1 Å². The number of sulfonamides is 1. The lowest BCUT2D eigenvalue weighted by atomic mass is 10.2. The average molecular weight is 379 g/mol. The zero-order valence-electron chi connectivity index (χ0n) is 15.5. The summed E-state index contributed by atoms with van der Waals surface area (Å²) in [5, 5.41) is 0. The van der Waals surface area contributed by atoms with Gasteiger partial charge in [0.15, 0.2) is 6.29 Å². The van der Waals surface area contributed by atoms with Crippen molar-refractivity contribution in [1.29, 1.82) is 0 Å². The Morgan fingerprint density at radius 1 is 0.923 bits per heavy atom. The van der Waals surface area contributed by atoms with E-state index in [1.165, 1.54) is 18.5 Å². The molecule has 2 rings (SSSR count). The fourth-order valence-corrected chi connectivity index (χ4v) is 3.87. The first kappa shape index (κ1) is 20.4. The highest BCUT2D eigenvalue weighted by Gasteiger charge is 2.27. The summed E-state index contributed by atoms with van der Waals surface area (Å²) in [6.07, 6.45) is -0.659. The van der Waals surface area contributed by atoms with E-state index in [1.807, 2.05) is 19.1 Å². The van der Waals surface area contributed by atoms with Gasteiger partial charge in [0.05, 0.1) is 18.6 Å². The van der Waals surface area contributed by atoms with E-state index in [9.17, 15) is 8.42 Å². The predicted molar refractivity (Wildman–Crippen MR) is 99.6 cm³/mol. The number of ether oxygens (including phenoxy) is 3. The molecule has 0 aliphatic carbocycles. The van der Waals surface area contributed by atoms with Crippen LogP contribution in [-0.2, 0) is 26.0 Å². The SMILES string of the molecule is COc1ccc(CN(CC(OC)OC)S(=O)(=O)c2ccc(C)cc2)cc1. The Morgan fingerprint density at radius 2 is 1.50 bits per heavy atom. The van der Waals surface area contributed by atoms with Gasteiger partial charge in [0.1, 0.15) is 5.75 Å². The van der Waals surface area contributed by atoms with Crippen LogP contribution in [0, 0.1) is 6.92 Å². The van der Waals surface area contributed by atoms with Gasteiger partial charge in [0.25, 0.3) is 0 Å². The molecule has 0 aliphatic rings. The molecular formula is C19H25NO5S. The van der Waals surface area contributed by atoms with Crippen LogP contribution in [0.1, 0.15) is 11.1 Å². The molecule has 0 aromatic heterocycles. The molecule has 0 radical (unpaired) electrons. The van der Waals surface area contributed by atoms with Crippen molar-refractivity contribution in [2.45, 2.75) is 24.7 Å². The summed E-state index contributed by atoms with van der Waals surface area (Å²) < 4.78 is 43.2. The van der Waals surface area contributed by atoms with Crippen LogP contribution in [0.25, 0.3) is 0 Å². The second-order valence-electron chi connectivity index (χ2n) is 5.86. The molecule has 142 valence electrons. The number of rotatable bonds is 9. The number of nitrogens with zero attached hydrogens (tertiary/aromatic N) is 1. The van der Waals surface area contributed by atoms with Crippen molar-refractivity contribution >= 4 is 10.0 Å². The quantitative estimate of drug-likeness (QED) is 0.627. The highest BCUT2D eigenvalue weighted by Crippen LogP contribution is 2.21. The zero-order chi connectivity index (χ0) is 19.2. The maximum absolute atomic E-state index is 13.1. The number of methoxy groups -OCH3 is 3. The molecule has 0 atom stereocenters. The van der Waals surface area contributed by atoms with Gasteiger partial charge in [-0.25, -0.2) is 8.42 Å². The highest BCUT2D eigenvalue weighted by molar-refractivity contribution is 7.89. The van der Waals surface area contributed by atoms with Crippen LogP contribution in [0.5, 0.6) is 5.75 Å². The van der Waals surface area contributed by atoms with Gasteiger partial charge in [0.2, 0.25) is 10.0 Å². The Kier molecular flexibility index (Phi) is 7.16. The highest BCUT2D eigenvalue weighted by atomic mass is 32.2. The van der Waals surface area contributed by atoms with Crippen LogP contribution in [0.2, 0.25) is 0 Å². The average Bonchev–Trinajstić information content (AvgIpc) is 2.65. The minimum Gasteiger partial charge on any atom is -0.497 e. The third-order valence-electron chi connectivity index (χ3n) is 4.06. The summed E-state index contributed by atoms with van der Waals surface area (Å²) in [5.74, 6) is 0.716. The molecule has 0 N–H and O–H groups in total. The van der Waals surface area contributed by atoms with Gasteiger partial charge in [-0.3, -0.25) is 0 Å². The largest absolute Gasteiger partial charge is 0.497 e. The third kappa shape index (κ3) is 5.04. The van der Waals surface area contributed by atoms with Crippen molar-refractivity contribution < 1.29 is 22.6 Å². The van der Waals surface area contributed by atoms with Crippen LogP contribution in [0.3, 0.4) is 0 Å². The van der Waals surface area contributed by atoms with E-state index in [-0.39, 0.29) is 18.0 Å². The molecular weight excluding hydrogens is 354 g/mol. The van der Waals surface area contributed by atoms with Crippen molar-refractivity contribution in [2.24, 2.45) is 0 Å². The Hall–Kier alpha value is -1.93. The van der Waals surface area contributed by atoms with E-state index in [0.29, 0.717) is 5.75 Å². The van der Waals surface area contributed by atoms with E-state index >= 15 is 0 Å². The summed E-state index contributed by atoms with van der Waals surface area (Å²) in [5.41, 5.74) is 1.84. The molecule has 7 heteroatoms. The van der Waals surface area contributed by atoms with Crippen molar-refractivity contribution in [2.75, 3.05) is 27.9 Å². The van der Waals surface area contributed by atoms with Crippen LogP contribution in [0.4, 0.5) is 0 Å². The van der Waals surface area contributed by atoms with E-state index in [1.54, 1.807) is 43.5 Å². The second kappa shape index (κ2) is 9.14. The van der Waals surface area contributed by atoms with E-state index in [4.69, 9.17) is 14.2 Å². The molecule has 26 heavy (non-hydrogen) atoms. The molecule has 2 aromatic carbocycles. The number of hydrogen-bond acceptors (Lipinski definition) is 5. The standard InChI is InChI=1S/C19H25NO5S/c1-15-5-11-18(12-6-15)26(21,22)20(14-19(24-3)25-4)13-16-7-9-17(23-2)10-8-16/h5-12,19H,13-14H2,1-4H3. The molecule has 0 bridgehead atoms. The summed E-state index contributed by atoms with van der Waals surface area (Å²) in [4.78, 5) is 0.238. The third-order valence-corrected chi connectivity index (χ3v) is 5.88. The van der Waals surface area contributed by atoms with Crippen molar-refractivity contribution in [3.05, 3.63) is 59.7 Å². The molecule has 6 nitrogen and oxygen atoms in total. The lowest BCUT2D eigenvalue weighted by Crippen LogP contribution is -2.38. The fourth-order valence-electron chi connectivity index (χ4n) is 2.45. The molecule has 0 spiro atoms. The second-order valence-corrected chi connectivity index (χ2v) is 7.80. The van der Waals surface area contributed by atoms with E-state index < -0.39 is 16.3 Å². The topological polar surface area (TPSA) is 65.1 Å². The first-order chi connectivity index (χ1) is 12.4. The maximum Gasteiger partial charge on any atom is 0.243 e. The molecule has 0 heterocycles. The fraction of sp³-hybridized carbons (Fsp3) is 0.368. The van der Waals surface area contributed by atoms with Gasteiger partial charge >= 0.3 is 0 Å². The number of benzene rings is 2. The summed E-state index contributed by atoms with van der Waals surface area (Å²) >= 11 is 0. The van der Waals surface area contributed by atoms with Crippen LogP contribution in [0.15, 0.2) is 53.4 Å². The van der Waals surface area contributed by atoms with Crippen molar-refractivity contribution in [1.82, 2.24) is 4.31 Å².